The molecule has 0 saturated heterocycles. The molecular weight excluding hydrogens is 394 g/mol. The van der Waals surface area contributed by atoms with E-state index in [2.05, 4.69) is 18.9 Å². The average Bonchev–Trinajstić information content (AvgIpc) is 2.54. The number of aliphatic hydroxyl groups is 2. The van der Waals surface area contributed by atoms with E-state index in [1.165, 1.54) is 0 Å². The second kappa shape index (κ2) is 14.3. The van der Waals surface area contributed by atoms with Crippen LogP contribution >= 0.6 is 0 Å². The Balaban J connectivity index is -0.000000542. The molecule has 1 unspecified atom stereocenters. The number of halogens is 6. The summed E-state index contributed by atoms with van der Waals surface area (Å²) in [6.45, 7) is -1.33. The first-order chi connectivity index (χ1) is 11.9. The number of ether oxygens (including phenoxy) is 4. The summed E-state index contributed by atoms with van der Waals surface area (Å²) >= 11 is 0. The van der Waals surface area contributed by atoms with Crippen molar-refractivity contribution in [2.75, 3.05) is 54.9 Å². The highest BCUT2D eigenvalue weighted by Gasteiger charge is 2.73. The smallest absolute Gasteiger partial charge is 0.374 e. The van der Waals surface area contributed by atoms with Crippen molar-refractivity contribution in [2.24, 2.45) is 0 Å². The van der Waals surface area contributed by atoms with Gasteiger partial charge in [0.2, 0.25) is 0 Å². The van der Waals surface area contributed by atoms with E-state index >= 15 is 0 Å². The van der Waals surface area contributed by atoms with Crippen LogP contribution in [-0.4, -0.2) is 101 Å². The molecule has 0 aliphatic rings. The summed E-state index contributed by atoms with van der Waals surface area (Å²) in [5.74, 6) is -16.0. The van der Waals surface area contributed by atoms with Gasteiger partial charge in [-0.3, -0.25) is 0 Å². The highest BCUT2D eigenvalue weighted by atomic mass is 19.3. The van der Waals surface area contributed by atoms with Gasteiger partial charge in [0.05, 0.1) is 26.4 Å². The molecule has 7 nitrogen and oxygen atoms in total. The third-order valence-electron chi connectivity index (χ3n) is 2.96. The minimum Gasteiger partial charge on any atom is -0.412 e. The van der Waals surface area contributed by atoms with E-state index < -0.39 is 49.6 Å². The number of methoxy groups -OCH3 is 4. The van der Waals surface area contributed by atoms with E-state index in [1.807, 2.05) is 0 Å². The number of hydrogen-bond acceptors (Lipinski definition) is 6. The summed E-state index contributed by atoms with van der Waals surface area (Å²) in [6, 6.07) is 0. The lowest BCUT2D eigenvalue weighted by atomic mass is 9.98. The van der Waals surface area contributed by atoms with E-state index in [0.29, 0.717) is 13.2 Å². The molecular formula is C14H28F6O7. The zero-order chi connectivity index (χ0) is 21.0. The second-order valence-corrected chi connectivity index (χ2v) is 5.18. The Hall–Kier alpha value is -0.700. The second-order valence-electron chi connectivity index (χ2n) is 5.18. The van der Waals surface area contributed by atoms with Gasteiger partial charge in [-0.1, -0.05) is 0 Å². The van der Waals surface area contributed by atoms with E-state index in [9.17, 15) is 26.3 Å². The molecule has 0 amide bonds. The fourth-order valence-electron chi connectivity index (χ4n) is 1.54. The fraction of sp³-hybridized carbons (Fsp3) is 1.00. The largest absolute Gasteiger partial charge is 0.412 e. The molecule has 0 heterocycles. The maximum Gasteiger partial charge on any atom is 0.374 e. The standard InChI is InChI=1S/C9H14F6O3.C5H12O3.H2O/c1-17-4-3-7(10,11)9(14,15)8(12,13)6(16)5-18-2;1-7-3-5(6)4-8-2;/h6,16H,3-5H2,1-2H3;5-6H,3-4H2,1-2H3;1H2. The lowest BCUT2D eigenvalue weighted by molar-refractivity contribution is -0.337. The predicted octanol–water partition coefficient (Wildman–Crippen LogP) is 0.751. The molecule has 0 spiro atoms. The van der Waals surface area contributed by atoms with E-state index in [4.69, 9.17) is 10.2 Å². The third-order valence-corrected chi connectivity index (χ3v) is 2.96. The van der Waals surface area contributed by atoms with Crippen molar-refractivity contribution in [3.05, 3.63) is 0 Å². The van der Waals surface area contributed by atoms with Crippen LogP contribution in [-0.2, 0) is 18.9 Å². The molecule has 0 aliphatic carbocycles. The van der Waals surface area contributed by atoms with Crippen LogP contribution in [0, 0.1) is 0 Å². The van der Waals surface area contributed by atoms with Gasteiger partial charge in [-0.2, -0.15) is 26.3 Å². The third kappa shape index (κ3) is 9.87. The Morgan fingerprint density at radius 3 is 1.48 bits per heavy atom. The van der Waals surface area contributed by atoms with Crippen LogP contribution in [0.2, 0.25) is 0 Å². The summed E-state index contributed by atoms with van der Waals surface area (Å²) < 4.78 is 95.9. The van der Waals surface area contributed by atoms with Gasteiger partial charge in [-0.05, 0) is 0 Å². The summed E-state index contributed by atoms with van der Waals surface area (Å²) in [4.78, 5) is 0. The Morgan fingerprint density at radius 2 is 1.15 bits per heavy atom. The van der Waals surface area contributed by atoms with Crippen LogP contribution in [0.4, 0.5) is 26.3 Å². The highest BCUT2D eigenvalue weighted by Crippen LogP contribution is 2.48. The van der Waals surface area contributed by atoms with Crippen LogP contribution in [0.25, 0.3) is 0 Å². The van der Waals surface area contributed by atoms with Gasteiger partial charge in [0.25, 0.3) is 0 Å². The summed E-state index contributed by atoms with van der Waals surface area (Å²) in [6.07, 6.45) is -5.11. The van der Waals surface area contributed by atoms with Gasteiger partial charge in [0, 0.05) is 34.9 Å². The molecule has 0 aromatic carbocycles. The van der Waals surface area contributed by atoms with E-state index in [1.54, 1.807) is 14.2 Å². The quantitative estimate of drug-likeness (QED) is 0.450. The molecule has 0 radical (unpaired) electrons. The monoisotopic (exact) mass is 422 g/mol. The molecule has 27 heavy (non-hydrogen) atoms. The van der Waals surface area contributed by atoms with Crippen molar-refractivity contribution in [1.82, 2.24) is 0 Å². The van der Waals surface area contributed by atoms with Crippen LogP contribution in [0.5, 0.6) is 0 Å². The van der Waals surface area contributed by atoms with Crippen molar-refractivity contribution in [3.63, 3.8) is 0 Å². The van der Waals surface area contributed by atoms with Crippen molar-refractivity contribution in [2.45, 2.75) is 36.4 Å². The molecule has 4 N–H and O–H groups in total. The van der Waals surface area contributed by atoms with Gasteiger partial charge in [0.1, 0.15) is 12.2 Å². The molecule has 1 atom stereocenters. The first kappa shape index (κ1) is 31.0. The summed E-state index contributed by atoms with van der Waals surface area (Å²) in [7, 11) is 4.91. The maximum atomic E-state index is 13.1. The molecule has 0 aromatic rings. The lowest BCUT2D eigenvalue weighted by Crippen LogP contribution is -2.60. The van der Waals surface area contributed by atoms with Gasteiger partial charge >= 0.3 is 17.8 Å². The van der Waals surface area contributed by atoms with Gasteiger partial charge < -0.3 is 34.6 Å². The zero-order valence-electron chi connectivity index (χ0n) is 15.5. The Kier molecular flexibility index (Phi) is 16.4. The molecule has 0 bridgehead atoms. The van der Waals surface area contributed by atoms with Crippen LogP contribution < -0.4 is 0 Å². The maximum absolute atomic E-state index is 13.1. The topological polar surface area (TPSA) is 109 Å². The molecule has 168 valence electrons. The Morgan fingerprint density at radius 1 is 0.741 bits per heavy atom. The van der Waals surface area contributed by atoms with Crippen molar-refractivity contribution < 1.29 is 61.0 Å². The van der Waals surface area contributed by atoms with Gasteiger partial charge in [-0.15, -0.1) is 0 Å². The van der Waals surface area contributed by atoms with Crippen LogP contribution in [0.1, 0.15) is 6.42 Å². The summed E-state index contributed by atoms with van der Waals surface area (Å²) in [5, 5.41) is 17.6. The van der Waals surface area contributed by atoms with Gasteiger partial charge in [0.15, 0.2) is 0 Å². The van der Waals surface area contributed by atoms with E-state index in [-0.39, 0.29) is 5.48 Å². The molecule has 0 saturated carbocycles. The fourth-order valence-corrected chi connectivity index (χ4v) is 1.54. The van der Waals surface area contributed by atoms with Gasteiger partial charge in [-0.25, -0.2) is 0 Å². The van der Waals surface area contributed by atoms with Crippen LogP contribution in [0.15, 0.2) is 0 Å². The normalized spacial score (nSPS) is 13.7. The first-order valence-corrected chi connectivity index (χ1v) is 7.30. The molecule has 0 fully saturated rings. The van der Waals surface area contributed by atoms with Crippen LogP contribution in [0.3, 0.4) is 0 Å². The zero-order valence-corrected chi connectivity index (χ0v) is 15.5. The minimum atomic E-state index is -5.71. The summed E-state index contributed by atoms with van der Waals surface area (Å²) in [5.41, 5.74) is 0. The number of hydrogen-bond donors (Lipinski definition) is 2. The molecule has 0 aromatic heterocycles. The van der Waals surface area contributed by atoms with E-state index in [0.717, 1.165) is 14.2 Å². The minimum absolute atomic E-state index is 0. The van der Waals surface area contributed by atoms with Crippen molar-refractivity contribution >= 4 is 0 Å². The number of aliphatic hydroxyl groups excluding tert-OH is 2. The SMILES string of the molecule is COCC(O)COC.COCCC(F)(F)C(F)(F)C(F)(F)C(O)COC.O. The Bertz CT molecular complexity index is 355. The Labute approximate surface area is 153 Å². The average molecular weight is 422 g/mol. The molecule has 0 aliphatic heterocycles. The first-order valence-electron chi connectivity index (χ1n) is 7.30. The molecule has 13 heteroatoms. The predicted molar refractivity (Wildman–Crippen MR) is 82.6 cm³/mol. The van der Waals surface area contributed by atoms with Crippen molar-refractivity contribution in [1.29, 1.82) is 0 Å². The molecule has 0 rings (SSSR count). The van der Waals surface area contributed by atoms with Crippen molar-refractivity contribution in [3.8, 4) is 0 Å². The lowest BCUT2D eigenvalue weighted by Gasteiger charge is -2.35. The number of alkyl halides is 6. The highest BCUT2D eigenvalue weighted by molar-refractivity contribution is 4.99. The number of rotatable bonds is 12.